The summed E-state index contributed by atoms with van der Waals surface area (Å²) in [6, 6.07) is 5.78. The van der Waals surface area contributed by atoms with E-state index in [4.69, 9.17) is 18.9 Å². The molecule has 3 heterocycles. The second-order valence-corrected chi connectivity index (χ2v) is 14.0. The number of carbonyl (C=O) groups excluding carboxylic acids is 2. The minimum atomic E-state index is -1.26. The first-order valence-electron chi connectivity index (χ1n) is 17.2. The Balaban J connectivity index is 1.33. The van der Waals surface area contributed by atoms with Crippen LogP contribution < -0.4 is 35.9 Å². The summed E-state index contributed by atoms with van der Waals surface area (Å²) in [5, 5.41) is 10.8. The molecule has 1 N–H and O–H groups in total. The molecule has 0 unspecified atom stereocenters. The van der Waals surface area contributed by atoms with E-state index in [1.54, 1.807) is 52.1 Å². The van der Waals surface area contributed by atoms with Crippen molar-refractivity contribution >= 4 is 22.6 Å². The number of fused-ring (bicyclic) bond motifs is 5. The smallest absolute Gasteiger partial charge is 0.347 e. The Hall–Kier alpha value is -5.86. The fourth-order valence-electron chi connectivity index (χ4n) is 8.63. The van der Waals surface area contributed by atoms with Crippen molar-refractivity contribution in [3.8, 4) is 28.7 Å². The van der Waals surface area contributed by atoms with Crippen molar-refractivity contribution in [2.45, 2.75) is 58.7 Å². The van der Waals surface area contributed by atoms with Crippen LogP contribution in [0.1, 0.15) is 50.4 Å². The second kappa shape index (κ2) is 12.7. The molecule has 2 aromatic carbocycles. The number of carbonyl (C=O) groups is 2. The zero-order valence-corrected chi connectivity index (χ0v) is 30.8. The lowest BCUT2D eigenvalue weighted by Gasteiger charge is -2.53. The zero-order chi connectivity index (χ0) is 38.3. The quantitative estimate of drug-likeness (QED) is 0.264. The van der Waals surface area contributed by atoms with Crippen molar-refractivity contribution < 1.29 is 33.6 Å². The molecule has 15 nitrogen and oxygen atoms in total. The van der Waals surface area contributed by atoms with Crippen molar-refractivity contribution in [2.75, 3.05) is 28.4 Å². The van der Waals surface area contributed by atoms with Gasteiger partial charge in [0.1, 0.15) is 5.69 Å². The maximum atomic E-state index is 14.3. The Morgan fingerprint density at radius 3 is 2.11 bits per heavy atom. The number of hydrogen-bond donors (Lipinski definition) is 1. The number of aromatic hydroxyl groups is 1. The van der Waals surface area contributed by atoms with Crippen LogP contribution in [0.25, 0.3) is 11.0 Å². The molecular formula is C38H41N5O10. The van der Waals surface area contributed by atoms with Crippen LogP contribution in [-0.2, 0) is 36.1 Å². The number of rotatable bonds is 8. The Labute approximate surface area is 303 Å². The predicted molar refractivity (Wildman–Crippen MR) is 192 cm³/mol. The minimum absolute atomic E-state index is 0.0180. The third-order valence-corrected chi connectivity index (χ3v) is 11.6. The molecule has 3 aliphatic rings. The molecule has 15 heteroatoms. The summed E-state index contributed by atoms with van der Waals surface area (Å²) in [4.78, 5) is 74.7. The molecule has 4 atom stereocenters. The summed E-state index contributed by atoms with van der Waals surface area (Å²) >= 11 is 0. The van der Waals surface area contributed by atoms with Crippen LogP contribution in [0.2, 0.25) is 0 Å². The van der Waals surface area contributed by atoms with E-state index in [2.05, 4.69) is 4.98 Å². The Morgan fingerprint density at radius 2 is 1.49 bits per heavy atom. The van der Waals surface area contributed by atoms with Crippen molar-refractivity contribution in [3.05, 3.63) is 89.6 Å². The molecule has 53 heavy (non-hydrogen) atoms. The van der Waals surface area contributed by atoms with Gasteiger partial charge in [-0.15, -0.1) is 0 Å². The molecule has 1 aliphatic heterocycles. The number of Topliss-reactive ketones (excluding diaryl/α,β-unsaturated/α-hetero) is 2. The maximum Gasteiger partial charge on any atom is 0.347 e. The van der Waals surface area contributed by atoms with Gasteiger partial charge in [-0.25, -0.2) is 28.5 Å². The Kier molecular flexibility index (Phi) is 8.50. The van der Waals surface area contributed by atoms with Crippen LogP contribution in [0, 0.1) is 11.3 Å². The van der Waals surface area contributed by atoms with Crippen molar-refractivity contribution in [1.29, 1.82) is 0 Å². The minimum Gasteiger partial charge on any atom is -0.502 e. The van der Waals surface area contributed by atoms with E-state index in [-0.39, 0.29) is 66.0 Å². The molecule has 0 saturated heterocycles. The molecule has 0 radical (unpaired) electrons. The van der Waals surface area contributed by atoms with E-state index in [9.17, 15) is 29.1 Å². The lowest BCUT2D eigenvalue weighted by Crippen LogP contribution is -2.55. The zero-order valence-electron chi connectivity index (χ0n) is 30.8. The first-order chi connectivity index (χ1) is 25.2. The predicted octanol–water partition coefficient (Wildman–Crippen LogP) is 2.82. The number of aryl methyl sites for hydroxylation is 2. The maximum absolute atomic E-state index is 14.3. The molecule has 2 aromatic heterocycles. The first-order valence-corrected chi connectivity index (χ1v) is 17.2. The fraction of sp³-hybridized carbons (Fsp3) is 0.421. The first kappa shape index (κ1) is 35.5. The van der Waals surface area contributed by atoms with Gasteiger partial charge in [0, 0.05) is 44.0 Å². The SMILES string of the molecule is COc1cc2nc(CCn3c(=O)n4n(c3=O)[C@@H]3C[C@H]5C(=O)C(C)=C(C)C(=O)[C@@]5(C)[C@@H](c5cc(OC)c(O)c(OC)c5)C3=CC4)c(=O)n(C)c2cc1OC. The molecule has 1 fully saturated rings. The van der Waals surface area contributed by atoms with Crippen LogP contribution in [0.15, 0.2) is 61.4 Å². The molecule has 1 saturated carbocycles. The molecule has 7 rings (SSSR count). The fourth-order valence-corrected chi connectivity index (χ4v) is 8.63. The molecule has 0 spiro atoms. The molecule has 278 valence electrons. The summed E-state index contributed by atoms with van der Waals surface area (Å²) < 4.78 is 27.0. The Morgan fingerprint density at radius 1 is 0.868 bits per heavy atom. The number of methoxy groups -OCH3 is 4. The number of phenolic OH excluding ortho intramolecular Hbond substituents is 1. The third-order valence-electron chi connectivity index (χ3n) is 11.6. The lowest BCUT2D eigenvalue weighted by molar-refractivity contribution is -0.140. The highest BCUT2D eigenvalue weighted by Gasteiger charge is 2.60. The number of ketones is 2. The molecule has 0 bridgehead atoms. The largest absolute Gasteiger partial charge is 0.502 e. The van der Waals surface area contributed by atoms with E-state index >= 15 is 0 Å². The van der Waals surface area contributed by atoms with E-state index in [1.807, 2.05) is 6.08 Å². The number of aromatic nitrogens is 5. The number of nitrogens with zero attached hydrogens (tertiary/aromatic N) is 5. The van der Waals surface area contributed by atoms with Gasteiger partial charge < -0.3 is 28.6 Å². The average Bonchev–Trinajstić information content (AvgIpc) is 3.41. The van der Waals surface area contributed by atoms with Gasteiger partial charge in [-0.2, -0.15) is 0 Å². The van der Waals surface area contributed by atoms with Crippen LogP contribution in [0.3, 0.4) is 0 Å². The molecule has 2 aliphatic carbocycles. The van der Waals surface area contributed by atoms with Crippen LogP contribution in [-0.4, -0.2) is 68.6 Å². The topological polar surface area (TPSA) is 175 Å². The van der Waals surface area contributed by atoms with E-state index < -0.39 is 34.7 Å². The second-order valence-electron chi connectivity index (χ2n) is 14.0. The number of allylic oxidation sites excluding steroid dienone is 4. The van der Waals surface area contributed by atoms with E-state index in [0.717, 1.165) is 4.57 Å². The van der Waals surface area contributed by atoms with Gasteiger partial charge >= 0.3 is 11.4 Å². The number of phenols is 1. The van der Waals surface area contributed by atoms with E-state index in [0.29, 0.717) is 44.8 Å². The van der Waals surface area contributed by atoms with Gasteiger partial charge in [0.05, 0.1) is 57.5 Å². The third kappa shape index (κ3) is 5.00. The highest BCUT2D eigenvalue weighted by atomic mass is 16.5. The Bertz CT molecular complexity index is 2470. The summed E-state index contributed by atoms with van der Waals surface area (Å²) in [5.41, 5.74) is 0.258. The molecule has 4 aromatic rings. The monoisotopic (exact) mass is 727 g/mol. The van der Waals surface area contributed by atoms with Gasteiger partial charge in [0.15, 0.2) is 34.6 Å². The highest BCUT2D eigenvalue weighted by molar-refractivity contribution is 6.15. The van der Waals surface area contributed by atoms with Crippen molar-refractivity contribution in [3.63, 3.8) is 0 Å². The normalized spacial score (nSPS) is 22.3. The van der Waals surface area contributed by atoms with Crippen molar-refractivity contribution in [1.82, 2.24) is 23.5 Å². The van der Waals surface area contributed by atoms with Crippen molar-refractivity contribution in [2.24, 2.45) is 18.4 Å². The van der Waals surface area contributed by atoms with Gasteiger partial charge in [0.25, 0.3) is 5.56 Å². The average molecular weight is 728 g/mol. The summed E-state index contributed by atoms with van der Waals surface area (Å²) in [5.74, 6) is -1.12. The van der Waals surface area contributed by atoms with Gasteiger partial charge in [-0.3, -0.25) is 14.4 Å². The lowest BCUT2D eigenvalue weighted by atomic mass is 9.50. The summed E-state index contributed by atoms with van der Waals surface area (Å²) in [6.07, 6.45) is 1.92. The molecule has 0 amide bonds. The number of ether oxygens (including phenoxy) is 4. The van der Waals surface area contributed by atoms with Crippen LogP contribution in [0.5, 0.6) is 28.7 Å². The summed E-state index contributed by atoms with van der Waals surface area (Å²) in [7, 11) is 7.40. The number of hydrogen-bond acceptors (Lipinski definition) is 11. The highest BCUT2D eigenvalue weighted by Crippen LogP contribution is 2.61. The summed E-state index contributed by atoms with van der Waals surface area (Å²) in [6.45, 7) is 4.95. The van der Waals surface area contributed by atoms with Gasteiger partial charge in [-0.05, 0) is 54.7 Å². The van der Waals surface area contributed by atoms with Gasteiger partial charge in [-0.1, -0.05) is 13.0 Å². The number of benzene rings is 2. The standard InChI is InChI=1S/C38H41N5O10/c1-18-19(2)34(46)38(3)22(32(18)44)15-25-21(31(38)20-13-29(52-7)33(45)30(14-20)53-8)9-12-42-36(48)41(37(49)43(25)42)11-10-23-35(47)40(4)26-17-28(51-6)27(50-5)16-24(26)39-23/h9,13-14,16-17,22,25,31,45H,10-12,15H2,1-8H3/t22-,25+,31-,38+/m0/s1. The van der Waals surface area contributed by atoms with Gasteiger partial charge in [0.2, 0.25) is 5.75 Å². The van der Waals surface area contributed by atoms with Crippen LogP contribution >= 0.6 is 0 Å². The van der Waals surface area contributed by atoms with Crippen LogP contribution in [0.4, 0.5) is 0 Å². The van der Waals surface area contributed by atoms with E-state index in [1.165, 1.54) is 42.4 Å². The molecular weight excluding hydrogens is 686 g/mol.